The minimum absolute atomic E-state index is 0.194. The van der Waals surface area contributed by atoms with Crippen molar-refractivity contribution in [3.8, 4) is 0 Å². The van der Waals surface area contributed by atoms with Crippen LogP contribution < -0.4 is 5.32 Å². The van der Waals surface area contributed by atoms with Crippen LogP contribution in [0, 0.1) is 5.92 Å². The molecule has 0 atom stereocenters. The molecule has 0 spiro atoms. The van der Waals surface area contributed by atoms with Crippen LogP contribution in [-0.2, 0) is 0 Å². The van der Waals surface area contributed by atoms with Gasteiger partial charge in [-0.15, -0.1) is 0 Å². The van der Waals surface area contributed by atoms with Crippen LogP contribution >= 0.6 is 11.8 Å². The van der Waals surface area contributed by atoms with E-state index in [4.69, 9.17) is 0 Å². The topological polar surface area (TPSA) is 24.4 Å². The molecule has 3 heteroatoms. The lowest BCUT2D eigenvalue weighted by Gasteiger charge is -2.31. The molecule has 1 heterocycles. The minimum atomic E-state index is 0.194. The first-order chi connectivity index (χ1) is 6.17. The quantitative estimate of drug-likeness (QED) is 0.700. The van der Waals surface area contributed by atoms with Crippen molar-refractivity contribution in [1.82, 2.24) is 5.32 Å². The van der Waals surface area contributed by atoms with Crippen LogP contribution in [0.5, 0.6) is 0 Å². The molecule has 1 N–H and O–H groups in total. The molecule has 0 amide bonds. The van der Waals surface area contributed by atoms with Gasteiger partial charge in [0.25, 0.3) is 0 Å². The van der Waals surface area contributed by atoms with Crippen LogP contribution in [-0.4, -0.2) is 16.6 Å². The van der Waals surface area contributed by atoms with Gasteiger partial charge in [0.05, 0.1) is 16.6 Å². The van der Waals surface area contributed by atoms with Crippen LogP contribution in [0.3, 0.4) is 0 Å². The fraction of sp³-hybridized carbons (Fsp3) is 0.900. The normalized spacial score (nSPS) is 28.9. The number of nitrogens with zero attached hydrogens (tertiary/aromatic N) is 1. The lowest BCUT2D eigenvalue weighted by molar-refractivity contribution is 0.546. The number of nitrogens with one attached hydrogen (secondary N) is 1. The highest BCUT2D eigenvalue weighted by Gasteiger charge is 2.29. The summed E-state index contributed by atoms with van der Waals surface area (Å²) in [5.74, 6) is 0.784. The van der Waals surface area contributed by atoms with E-state index in [0.717, 1.165) is 12.6 Å². The minimum Gasteiger partial charge on any atom is -0.284 e. The highest BCUT2D eigenvalue weighted by Crippen LogP contribution is 2.36. The second-order valence-electron chi connectivity index (χ2n) is 4.42. The lowest BCUT2D eigenvalue weighted by Crippen LogP contribution is -2.41. The number of hydrogen-bond donors (Lipinski definition) is 1. The molecule has 2 rings (SSSR count). The standard InChI is InChI=1S/C10H18N2S/c1-10(2)12-7-11-9(13-10)8-5-3-4-6-8/h8,12H,3-7H2,1-2H3. The van der Waals surface area contributed by atoms with E-state index in [1.165, 1.54) is 30.7 Å². The molecule has 2 nitrogen and oxygen atoms in total. The maximum absolute atomic E-state index is 4.58. The van der Waals surface area contributed by atoms with E-state index < -0.39 is 0 Å². The maximum Gasteiger partial charge on any atom is 0.0904 e. The average molecular weight is 198 g/mol. The van der Waals surface area contributed by atoms with Crippen LogP contribution in [0.15, 0.2) is 4.99 Å². The first-order valence-electron chi connectivity index (χ1n) is 5.16. The van der Waals surface area contributed by atoms with E-state index in [1.807, 2.05) is 11.8 Å². The second-order valence-corrected chi connectivity index (χ2v) is 6.07. The van der Waals surface area contributed by atoms with E-state index in [2.05, 4.69) is 24.2 Å². The van der Waals surface area contributed by atoms with Gasteiger partial charge in [-0.1, -0.05) is 24.6 Å². The smallest absolute Gasteiger partial charge is 0.0904 e. The molecule has 0 aromatic carbocycles. The molecule has 1 saturated carbocycles. The summed E-state index contributed by atoms with van der Waals surface area (Å²) < 4.78 is 0. The molecule has 0 aromatic rings. The number of thioether (sulfide) groups is 1. The van der Waals surface area contributed by atoms with Gasteiger partial charge in [-0.3, -0.25) is 10.3 Å². The Kier molecular flexibility index (Phi) is 2.65. The van der Waals surface area contributed by atoms with Gasteiger partial charge in [-0.05, 0) is 26.7 Å². The van der Waals surface area contributed by atoms with Gasteiger partial charge < -0.3 is 0 Å². The van der Waals surface area contributed by atoms with Crippen molar-refractivity contribution in [2.75, 3.05) is 6.67 Å². The van der Waals surface area contributed by atoms with Crippen molar-refractivity contribution in [2.24, 2.45) is 10.9 Å². The molecule has 2 aliphatic rings. The number of rotatable bonds is 1. The largest absolute Gasteiger partial charge is 0.284 e. The summed E-state index contributed by atoms with van der Waals surface area (Å²) in [7, 11) is 0. The van der Waals surface area contributed by atoms with Gasteiger partial charge in [-0.2, -0.15) is 0 Å². The monoisotopic (exact) mass is 198 g/mol. The van der Waals surface area contributed by atoms with Gasteiger partial charge in [0.2, 0.25) is 0 Å². The Balaban J connectivity index is 2.02. The van der Waals surface area contributed by atoms with Gasteiger partial charge >= 0.3 is 0 Å². The van der Waals surface area contributed by atoms with E-state index in [-0.39, 0.29) is 4.87 Å². The Labute approximate surface area is 84.6 Å². The second kappa shape index (κ2) is 3.62. The first kappa shape index (κ1) is 9.53. The zero-order valence-corrected chi connectivity index (χ0v) is 9.28. The van der Waals surface area contributed by atoms with E-state index >= 15 is 0 Å². The van der Waals surface area contributed by atoms with Crippen molar-refractivity contribution >= 4 is 16.8 Å². The van der Waals surface area contributed by atoms with Crippen LogP contribution in [0.2, 0.25) is 0 Å². The van der Waals surface area contributed by atoms with E-state index in [1.54, 1.807) is 0 Å². The molecule has 1 aliphatic heterocycles. The summed E-state index contributed by atoms with van der Waals surface area (Å²) in [6, 6.07) is 0. The zero-order valence-electron chi connectivity index (χ0n) is 8.47. The van der Waals surface area contributed by atoms with E-state index in [0.29, 0.717) is 0 Å². The highest BCUT2D eigenvalue weighted by atomic mass is 32.2. The summed E-state index contributed by atoms with van der Waals surface area (Å²) in [6.45, 7) is 5.29. The number of aliphatic imine (C=N–C) groups is 1. The third-order valence-electron chi connectivity index (χ3n) is 2.80. The van der Waals surface area contributed by atoms with Crippen LogP contribution in [0.1, 0.15) is 39.5 Å². The van der Waals surface area contributed by atoms with Gasteiger partial charge in [0, 0.05) is 5.92 Å². The summed E-state index contributed by atoms with van der Waals surface area (Å²) in [4.78, 5) is 4.77. The SMILES string of the molecule is CC1(C)NCN=C(C2CCCC2)S1. The molecule has 0 aromatic heterocycles. The zero-order chi connectivity index (χ0) is 9.31. The molecular formula is C10H18N2S. The first-order valence-corrected chi connectivity index (χ1v) is 5.97. The van der Waals surface area contributed by atoms with E-state index in [9.17, 15) is 0 Å². The third-order valence-corrected chi connectivity index (χ3v) is 4.13. The molecule has 74 valence electrons. The maximum atomic E-state index is 4.58. The Morgan fingerprint density at radius 1 is 1.38 bits per heavy atom. The molecule has 1 fully saturated rings. The molecule has 0 unspecified atom stereocenters. The lowest BCUT2D eigenvalue weighted by atomic mass is 10.1. The van der Waals surface area contributed by atoms with Gasteiger partial charge in [0.1, 0.15) is 0 Å². The van der Waals surface area contributed by atoms with Crippen LogP contribution in [0.25, 0.3) is 0 Å². The molecule has 1 aliphatic carbocycles. The van der Waals surface area contributed by atoms with Crippen molar-refractivity contribution in [3.05, 3.63) is 0 Å². The Bertz CT molecular complexity index is 217. The Morgan fingerprint density at radius 2 is 2.08 bits per heavy atom. The third kappa shape index (κ3) is 2.26. The van der Waals surface area contributed by atoms with Gasteiger partial charge in [-0.25, -0.2) is 0 Å². The fourth-order valence-corrected chi connectivity index (χ4v) is 3.21. The fourth-order valence-electron chi connectivity index (χ4n) is 2.02. The summed E-state index contributed by atoms with van der Waals surface area (Å²) in [5, 5.41) is 4.79. The highest BCUT2D eigenvalue weighted by molar-refractivity contribution is 8.15. The Morgan fingerprint density at radius 3 is 2.69 bits per heavy atom. The summed E-state index contributed by atoms with van der Waals surface area (Å²) in [5.41, 5.74) is 0. The van der Waals surface area contributed by atoms with Crippen molar-refractivity contribution < 1.29 is 0 Å². The van der Waals surface area contributed by atoms with Crippen molar-refractivity contribution in [1.29, 1.82) is 0 Å². The molecule has 0 radical (unpaired) electrons. The molecular weight excluding hydrogens is 180 g/mol. The van der Waals surface area contributed by atoms with Gasteiger partial charge in [0.15, 0.2) is 0 Å². The van der Waals surface area contributed by atoms with Crippen molar-refractivity contribution in [2.45, 2.75) is 44.4 Å². The number of hydrogen-bond acceptors (Lipinski definition) is 3. The predicted molar refractivity (Wildman–Crippen MR) is 59.1 cm³/mol. The average Bonchev–Trinajstić information content (AvgIpc) is 2.53. The molecule has 13 heavy (non-hydrogen) atoms. The Hall–Kier alpha value is -0.0200. The summed E-state index contributed by atoms with van der Waals surface area (Å²) >= 11 is 1.92. The van der Waals surface area contributed by atoms with Crippen LogP contribution in [0.4, 0.5) is 0 Å². The predicted octanol–water partition coefficient (Wildman–Crippen LogP) is 2.61. The molecule has 0 saturated heterocycles. The summed E-state index contributed by atoms with van der Waals surface area (Å²) in [6.07, 6.45) is 5.53. The van der Waals surface area contributed by atoms with Crippen molar-refractivity contribution in [3.63, 3.8) is 0 Å². The molecule has 0 bridgehead atoms.